The number of hydrogen-bond donors (Lipinski definition) is 2. The van der Waals surface area contributed by atoms with Gasteiger partial charge in [-0.2, -0.15) is 0 Å². The third kappa shape index (κ3) is 4.94. The zero-order valence-corrected chi connectivity index (χ0v) is 17.4. The number of imide groups is 1. The largest absolute Gasteiger partial charge is 0.439 e. The molecule has 0 radical (unpaired) electrons. The van der Waals surface area contributed by atoms with Gasteiger partial charge in [0.15, 0.2) is 0 Å². The van der Waals surface area contributed by atoms with Crippen LogP contribution in [0, 0.1) is 0 Å². The number of para-hydroxylation sites is 1. The van der Waals surface area contributed by atoms with E-state index in [2.05, 4.69) is 15.6 Å². The molecule has 31 heavy (non-hydrogen) atoms. The summed E-state index contributed by atoms with van der Waals surface area (Å²) in [4.78, 5) is 28.9. The molecule has 0 spiro atoms. The Morgan fingerprint density at radius 1 is 0.806 bits per heavy atom. The molecule has 4 aromatic rings. The molecule has 0 bridgehead atoms. The number of ether oxygens (including phenoxy) is 1. The van der Waals surface area contributed by atoms with Gasteiger partial charge in [0.1, 0.15) is 5.75 Å². The van der Waals surface area contributed by atoms with E-state index in [0.717, 1.165) is 10.9 Å². The Hall–Kier alpha value is -3.61. The van der Waals surface area contributed by atoms with Crippen LogP contribution in [0.25, 0.3) is 10.9 Å². The second kappa shape index (κ2) is 9.04. The third-order valence-electron chi connectivity index (χ3n) is 4.32. The molecular formula is C23H15Cl2N3O3. The Labute approximate surface area is 187 Å². The Morgan fingerprint density at radius 3 is 2.26 bits per heavy atom. The van der Waals surface area contributed by atoms with E-state index in [-0.39, 0.29) is 15.6 Å². The number of nitrogens with one attached hydrogen (secondary N) is 2. The fraction of sp³-hybridized carbons (Fsp3) is 0. The normalized spacial score (nSPS) is 10.5. The number of anilines is 1. The molecule has 3 amide bonds. The highest BCUT2D eigenvalue weighted by atomic mass is 35.5. The van der Waals surface area contributed by atoms with Crippen LogP contribution in [-0.4, -0.2) is 16.9 Å². The molecule has 1 heterocycles. The van der Waals surface area contributed by atoms with Crippen LogP contribution in [0.1, 0.15) is 10.4 Å². The first-order valence-electron chi connectivity index (χ1n) is 9.20. The SMILES string of the molecule is O=C(NC(=O)c1c(Cl)cccc1Cl)Nc1ccc(Oc2ccc3ccccc3n2)cc1. The lowest BCUT2D eigenvalue weighted by Crippen LogP contribution is -2.34. The van der Waals surface area contributed by atoms with Crippen LogP contribution in [0.3, 0.4) is 0 Å². The maximum atomic E-state index is 12.3. The summed E-state index contributed by atoms with van der Waals surface area (Å²) in [6, 6.07) is 22.0. The van der Waals surface area contributed by atoms with Gasteiger partial charge >= 0.3 is 6.03 Å². The van der Waals surface area contributed by atoms with E-state index in [1.807, 2.05) is 30.3 Å². The van der Waals surface area contributed by atoms with Gasteiger partial charge in [0, 0.05) is 17.1 Å². The highest BCUT2D eigenvalue weighted by molar-refractivity contribution is 6.40. The summed E-state index contributed by atoms with van der Waals surface area (Å²) < 4.78 is 5.77. The van der Waals surface area contributed by atoms with E-state index in [4.69, 9.17) is 27.9 Å². The van der Waals surface area contributed by atoms with Gasteiger partial charge in [0.05, 0.1) is 21.1 Å². The summed E-state index contributed by atoms with van der Waals surface area (Å²) in [5, 5.41) is 6.10. The van der Waals surface area contributed by atoms with Crippen molar-refractivity contribution in [1.82, 2.24) is 10.3 Å². The molecule has 3 aromatic carbocycles. The lowest BCUT2D eigenvalue weighted by Gasteiger charge is -2.10. The molecule has 8 heteroatoms. The molecule has 154 valence electrons. The van der Waals surface area contributed by atoms with Crippen molar-refractivity contribution in [3.05, 3.63) is 94.5 Å². The van der Waals surface area contributed by atoms with Crippen LogP contribution < -0.4 is 15.4 Å². The van der Waals surface area contributed by atoms with Crippen LogP contribution in [0.15, 0.2) is 78.9 Å². The highest BCUT2D eigenvalue weighted by Crippen LogP contribution is 2.25. The highest BCUT2D eigenvalue weighted by Gasteiger charge is 2.17. The van der Waals surface area contributed by atoms with Gasteiger partial charge in [-0.3, -0.25) is 10.1 Å². The molecule has 0 aliphatic carbocycles. The van der Waals surface area contributed by atoms with Gasteiger partial charge in [0.2, 0.25) is 5.88 Å². The summed E-state index contributed by atoms with van der Waals surface area (Å²) in [5.41, 5.74) is 1.33. The van der Waals surface area contributed by atoms with Gasteiger partial charge < -0.3 is 10.1 Å². The number of urea groups is 1. The maximum Gasteiger partial charge on any atom is 0.326 e. The standard InChI is InChI=1S/C23H15Cl2N3O3/c24-17-5-3-6-18(25)21(17)22(29)28-23(30)26-15-9-11-16(12-10-15)31-20-13-8-14-4-1-2-7-19(14)27-20/h1-13H,(H2,26,28,29,30). The average molecular weight is 452 g/mol. The zero-order chi connectivity index (χ0) is 21.8. The number of aromatic nitrogens is 1. The lowest BCUT2D eigenvalue weighted by molar-refractivity contribution is 0.0967. The molecule has 6 nitrogen and oxygen atoms in total. The number of pyridine rings is 1. The van der Waals surface area contributed by atoms with Gasteiger partial charge in [0.25, 0.3) is 5.91 Å². The summed E-state index contributed by atoms with van der Waals surface area (Å²) >= 11 is 12.0. The van der Waals surface area contributed by atoms with Gasteiger partial charge in [-0.15, -0.1) is 0 Å². The fourth-order valence-electron chi connectivity index (χ4n) is 2.87. The van der Waals surface area contributed by atoms with Crippen molar-refractivity contribution in [3.8, 4) is 11.6 Å². The molecule has 0 aliphatic heterocycles. The Morgan fingerprint density at radius 2 is 1.52 bits per heavy atom. The quantitative estimate of drug-likeness (QED) is 0.381. The summed E-state index contributed by atoms with van der Waals surface area (Å²) in [6.07, 6.45) is 0. The number of carbonyl (C=O) groups excluding carboxylic acids is 2. The number of hydrogen-bond acceptors (Lipinski definition) is 4. The maximum absolute atomic E-state index is 12.3. The minimum Gasteiger partial charge on any atom is -0.439 e. The van der Waals surface area contributed by atoms with Gasteiger partial charge in [-0.25, -0.2) is 9.78 Å². The number of carbonyl (C=O) groups is 2. The number of amides is 3. The second-order valence-electron chi connectivity index (χ2n) is 6.47. The van der Waals surface area contributed by atoms with E-state index >= 15 is 0 Å². The third-order valence-corrected chi connectivity index (χ3v) is 4.95. The fourth-order valence-corrected chi connectivity index (χ4v) is 3.44. The van der Waals surface area contributed by atoms with Crippen molar-refractivity contribution in [2.75, 3.05) is 5.32 Å². The van der Waals surface area contributed by atoms with Crippen LogP contribution in [0.2, 0.25) is 10.0 Å². The lowest BCUT2D eigenvalue weighted by atomic mass is 10.2. The summed E-state index contributed by atoms with van der Waals surface area (Å²) in [7, 11) is 0. The van der Waals surface area contributed by atoms with Crippen LogP contribution in [0.5, 0.6) is 11.6 Å². The molecular weight excluding hydrogens is 437 g/mol. The molecule has 0 saturated carbocycles. The van der Waals surface area contributed by atoms with Crippen molar-refractivity contribution in [3.63, 3.8) is 0 Å². The average Bonchev–Trinajstić information content (AvgIpc) is 2.75. The van der Waals surface area contributed by atoms with Crippen molar-refractivity contribution in [2.24, 2.45) is 0 Å². The molecule has 1 aromatic heterocycles. The topological polar surface area (TPSA) is 80.3 Å². The first kappa shape index (κ1) is 20.7. The van der Waals surface area contributed by atoms with Crippen molar-refractivity contribution in [1.29, 1.82) is 0 Å². The molecule has 0 fully saturated rings. The number of nitrogens with zero attached hydrogens (tertiary/aromatic N) is 1. The minimum absolute atomic E-state index is 0.0348. The number of benzene rings is 3. The smallest absolute Gasteiger partial charge is 0.326 e. The molecule has 2 N–H and O–H groups in total. The van der Waals surface area contributed by atoms with E-state index < -0.39 is 11.9 Å². The predicted octanol–water partition coefficient (Wildman–Crippen LogP) is 6.30. The number of rotatable bonds is 4. The number of halogens is 2. The van der Waals surface area contributed by atoms with Crippen molar-refractivity contribution >= 4 is 51.7 Å². The Kier molecular flexibility index (Phi) is 6.02. The van der Waals surface area contributed by atoms with Crippen molar-refractivity contribution in [2.45, 2.75) is 0 Å². The molecule has 0 atom stereocenters. The van der Waals surface area contributed by atoms with E-state index in [1.54, 1.807) is 36.4 Å². The predicted molar refractivity (Wildman–Crippen MR) is 121 cm³/mol. The Bertz CT molecular complexity index is 1260. The van der Waals surface area contributed by atoms with E-state index in [9.17, 15) is 9.59 Å². The van der Waals surface area contributed by atoms with Crippen LogP contribution in [-0.2, 0) is 0 Å². The monoisotopic (exact) mass is 451 g/mol. The minimum atomic E-state index is -0.717. The van der Waals surface area contributed by atoms with Crippen LogP contribution >= 0.6 is 23.2 Å². The van der Waals surface area contributed by atoms with Gasteiger partial charge in [-0.1, -0.05) is 47.5 Å². The molecule has 0 aliphatic rings. The van der Waals surface area contributed by atoms with Gasteiger partial charge in [-0.05, 0) is 48.5 Å². The molecule has 0 saturated heterocycles. The zero-order valence-electron chi connectivity index (χ0n) is 15.9. The molecule has 0 unspecified atom stereocenters. The summed E-state index contributed by atoms with van der Waals surface area (Å²) in [5.74, 6) is 0.308. The summed E-state index contributed by atoms with van der Waals surface area (Å²) in [6.45, 7) is 0. The first-order valence-corrected chi connectivity index (χ1v) is 9.95. The second-order valence-corrected chi connectivity index (χ2v) is 7.29. The Balaban J connectivity index is 1.38. The van der Waals surface area contributed by atoms with E-state index in [0.29, 0.717) is 17.3 Å². The van der Waals surface area contributed by atoms with Crippen LogP contribution in [0.4, 0.5) is 10.5 Å². The molecule has 4 rings (SSSR count). The first-order chi connectivity index (χ1) is 15.0. The van der Waals surface area contributed by atoms with Crippen molar-refractivity contribution < 1.29 is 14.3 Å². The number of fused-ring (bicyclic) bond motifs is 1. The van der Waals surface area contributed by atoms with E-state index in [1.165, 1.54) is 12.1 Å².